The molecule has 0 atom stereocenters. The average Bonchev–Trinajstić information content (AvgIpc) is 3.18. The molecule has 25 heavy (non-hydrogen) atoms. The summed E-state index contributed by atoms with van der Waals surface area (Å²) in [6.45, 7) is 2.74. The first-order chi connectivity index (χ1) is 12.2. The highest BCUT2D eigenvalue weighted by Crippen LogP contribution is 2.46. The van der Waals surface area contributed by atoms with Crippen LogP contribution in [0.2, 0.25) is 0 Å². The summed E-state index contributed by atoms with van der Waals surface area (Å²) in [5.74, 6) is 0.942. The second-order valence-corrected chi connectivity index (χ2v) is 8.33. The van der Waals surface area contributed by atoms with Crippen molar-refractivity contribution in [3.05, 3.63) is 35.9 Å². The molecule has 3 aliphatic rings. The minimum atomic E-state index is -0.317. The molecular formula is C21H29N2O2+. The van der Waals surface area contributed by atoms with Crippen LogP contribution in [0.15, 0.2) is 30.3 Å². The Balaban J connectivity index is 1.30. The summed E-state index contributed by atoms with van der Waals surface area (Å²) >= 11 is 0. The van der Waals surface area contributed by atoms with Gasteiger partial charge in [0.2, 0.25) is 11.8 Å². The number of amides is 2. The molecule has 1 N–H and O–H groups in total. The first kappa shape index (κ1) is 16.8. The maximum Gasteiger partial charge on any atom is 0.240 e. The highest BCUT2D eigenvalue weighted by molar-refractivity contribution is 6.05. The fraction of sp³-hybridized carbons (Fsp3) is 0.619. The molecular weight excluding hydrogens is 312 g/mol. The largest absolute Gasteiger partial charge is 0.317 e. The van der Waals surface area contributed by atoms with E-state index in [1.165, 1.54) is 23.3 Å². The van der Waals surface area contributed by atoms with Gasteiger partial charge in [-0.3, -0.25) is 9.59 Å². The van der Waals surface area contributed by atoms with Crippen LogP contribution >= 0.6 is 0 Å². The normalized spacial score (nSPS) is 28.9. The van der Waals surface area contributed by atoms with Crippen LogP contribution in [0.25, 0.3) is 0 Å². The lowest BCUT2D eigenvalue weighted by Crippen LogP contribution is -3.14. The topological polar surface area (TPSA) is 41.8 Å². The standard InChI is InChI=1S/C21H28N2O2/c24-19-15-21(10-4-5-11-21)20(25)23(19)16-22-12-8-18(9-13-22)14-17-6-2-1-3-7-17/h1-3,6-7,18H,4-5,8-16H2/p+1. The van der Waals surface area contributed by atoms with E-state index in [0.29, 0.717) is 13.1 Å². The van der Waals surface area contributed by atoms with Crippen LogP contribution in [0.4, 0.5) is 0 Å². The third kappa shape index (κ3) is 3.37. The smallest absolute Gasteiger partial charge is 0.240 e. The number of nitrogens with one attached hydrogen (secondary N) is 1. The third-order valence-corrected chi connectivity index (χ3v) is 6.61. The summed E-state index contributed by atoms with van der Waals surface area (Å²) in [5, 5.41) is 0. The summed E-state index contributed by atoms with van der Waals surface area (Å²) in [5.41, 5.74) is 1.10. The first-order valence-electron chi connectivity index (χ1n) is 9.89. The molecule has 0 aromatic heterocycles. The molecule has 2 aliphatic heterocycles. The molecule has 4 rings (SSSR count). The van der Waals surface area contributed by atoms with Crippen LogP contribution in [-0.4, -0.2) is 36.5 Å². The first-order valence-corrected chi connectivity index (χ1v) is 9.89. The van der Waals surface area contributed by atoms with Crippen molar-refractivity contribution in [2.24, 2.45) is 11.3 Å². The minimum Gasteiger partial charge on any atom is -0.317 e. The number of nitrogens with zero attached hydrogens (tertiary/aromatic N) is 1. The van der Waals surface area contributed by atoms with Gasteiger partial charge in [-0.2, -0.15) is 0 Å². The Bertz CT molecular complexity index is 629. The Kier molecular flexibility index (Phi) is 4.63. The van der Waals surface area contributed by atoms with Crippen LogP contribution in [0.1, 0.15) is 50.5 Å². The number of imide groups is 1. The van der Waals surface area contributed by atoms with E-state index in [1.54, 1.807) is 4.90 Å². The number of carbonyl (C=O) groups is 2. The number of benzene rings is 1. The Morgan fingerprint density at radius 2 is 1.72 bits per heavy atom. The summed E-state index contributed by atoms with van der Waals surface area (Å²) in [6.07, 6.45) is 8.03. The maximum atomic E-state index is 12.8. The van der Waals surface area contributed by atoms with Crippen LogP contribution in [0, 0.1) is 11.3 Å². The molecule has 0 radical (unpaired) electrons. The van der Waals surface area contributed by atoms with Crippen molar-refractivity contribution in [2.75, 3.05) is 19.8 Å². The Morgan fingerprint density at radius 1 is 1.04 bits per heavy atom. The Labute approximate surface area is 150 Å². The molecule has 1 aromatic rings. The summed E-state index contributed by atoms with van der Waals surface area (Å²) < 4.78 is 0. The molecule has 134 valence electrons. The van der Waals surface area contributed by atoms with Gasteiger partial charge in [-0.05, 0) is 43.6 Å². The Morgan fingerprint density at radius 3 is 2.40 bits per heavy atom. The van der Waals surface area contributed by atoms with Crippen LogP contribution in [0.5, 0.6) is 0 Å². The predicted molar refractivity (Wildman–Crippen MR) is 95.8 cm³/mol. The quantitative estimate of drug-likeness (QED) is 0.849. The van der Waals surface area contributed by atoms with Crippen molar-refractivity contribution < 1.29 is 14.5 Å². The van der Waals surface area contributed by atoms with E-state index in [-0.39, 0.29) is 17.2 Å². The molecule has 4 heteroatoms. The molecule has 4 nitrogen and oxygen atoms in total. The monoisotopic (exact) mass is 341 g/mol. The van der Waals surface area contributed by atoms with Gasteiger partial charge in [0, 0.05) is 6.42 Å². The van der Waals surface area contributed by atoms with Crippen LogP contribution < -0.4 is 4.90 Å². The van der Waals surface area contributed by atoms with E-state index in [2.05, 4.69) is 30.3 Å². The van der Waals surface area contributed by atoms with Crippen molar-refractivity contribution in [3.63, 3.8) is 0 Å². The van der Waals surface area contributed by atoms with Gasteiger partial charge in [0.1, 0.15) is 0 Å². The molecule has 1 saturated carbocycles. The van der Waals surface area contributed by atoms with Crippen molar-refractivity contribution in [2.45, 2.75) is 51.4 Å². The molecule has 0 bridgehead atoms. The van der Waals surface area contributed by atoms with Gasteiger partial charge < -0.3 is 4.90 Å². The Hall–Kier alpha value is -1.68. The number of carbonyl (C=O) groups excluding carboxylic acids is 2. The van der Waals surface area contributed by atoms with Crippen molar-refractivity contribution in [1.29, 1.82) is 0 Å². The SMILES string of the molecule is O=C1CC2(CCCC2)C(=O)N1C[NH+]1CCC(Cc2ccccc2)CC1. The molecule has 1 aromatic carbocycles. The highest BCUT2D eigenvalue weighted by atomic mass is 16.2. The van der Waals surface area contributed by atoms with Crippen molar-refractivity contribution in [1.82, 2.24) is 4.90 Å². The number of quaternary nitrogens is 1. The molecule has 0 unspecified atom stereocenters. The fourth-order valence-electron chi connectivity index (χ4n) is 5.08. The summed E-state index contributed by atoms with van der Waals surface area (Å²) in [4.78, 5) is 28.2. The van der Waals surface area contributed by atoms with E-state index >= 15 is 0 Å². The van der Waals surface area contributed by atoms with Gasteiger partial charge in [-0.15, -0.1) is 0 Å². The molecule has 2 amide bonds. The molecule has 2 saturated heterocycles. The molecule has 2 heterocycles. The van der Waals surface area contributed by atoms with E-state index in [1.807, 2.05) is 0 Å². The number of likely N-dealkylation sites (tertiary alicyclic amines) is 2. The predicted octanol–water partition coefficient (Wildman–Crippen LogP) is 1.80. The number of piperidine rings is 1. The minimum absolute atomic E-state index is 0.0748. The van der Waals surface area contributed by atoms with E-state index < -0.39 is 0 Å². The lowest BCUT2D eigenvalue weighted by atomic mass is 9.84. The lowest BCUT2D eigenvalue weighted by molar-refractivity contribution is -0.913. The van der Waals surface area contributed by atoms with Gasteiger partial charge in [0.05, 0.1) is 18.5 Å². The second-order valence-electron chi connectivity index (χ2n) is 8.33. The van der Waals surface area contributed by atoms with Gasteiger partial charge in [-0.25, -0.2) is 4.90 Å². The number of hydrogen-bond acceptors (Lipinski definition) is 2. The zero-order valence-electron chi connectivity index (χ0n) is 15.0. The van der Waals surface area contributed by atoms with Gasteiger partial charge in [0.25, 0.3) is 0 Å². The number of hydrogen-bond donors (Lipinski definition) is 1. The van der Waals surface area contributed by atoms with E-state index in [9.17, 15) is 9.59 Å². The summed E-state index contributed by atoms with van der Waals surface area (Å²) in [7, 11) is 0. The van der Waals surface area contributed by atoms with Crippen LogP contribution in [-0.2, 0) is 16.0 Å². The van der Waals surface area contributed by atoms with Crippen molar-refractivity contribution in [3.8, 4) is 0 Å². The second kappa shape index (κ2) is 6.91. The van der Waals surface area contributed by atoms with Crippen LogP contribution in [0.3, 0.4) is 0 Å². The van der Waals surface area contributed by atoms with Gasteiger partial charge in [0.15, 0.2) is 6.67 Å². The van der Waals surface area contributed by atoms with Crippen molar-refractivity contribution >= 4 is 11.8 Å². The zero-order valence-corrected chi connectivity index (χ0v) is 15.0. The summed E-state index contributed by atoms with van der Waals surface area (Å²) in [6, 6.07) is 10.7. The fourth-order valence-corrected chi connectivity index (χ4v) is 5.08. The van der Waals surface area contributed by atoms with Gasteiger partial charge >= 0.3 is 0 Å². The van der Waals surface area contributed by atoms with E-state index in [0.717, 1.165) is 51.1 Å². The molecule has 1 spiro atoms. The number of rotatable bonds is 4. The van der Waals surface area contributed by atoms with E-state index in [4.69, 9.17) is 0 Å². The average molecular weight is 341 g/mol. The third-order valence-electron chi connectivity index (χ3n) is 6.61. The van der Waals surface area contributed by atoms with Gasteiger partial charge in [-0.1, -0.05) is 43.2 Å². The maximum absolute atomic E-state index is 12.8. The zero-order chi connectivity index (χ0) is 17.3. The lowest BCUT2D eigenvalue weighted by Gasteiger charge is -2.31. The molecule has 3 fully saturated rings. The molecule has 1 aliphatic carbocycles. The highest BCUT2D eigenvalue weighted by Gasteiger charge is 2.53.